The minimum Gasteiger partial charge on any atom is -0.494 e. The van der Waals surface area contributed by atoms with Gasteiger partial charge in [0.15, 0.2) is 11.6 Å². The van der Waals surface area contributed by atoms with Gasteiger partial charge in [0.1, 0.15) is 0 Å². The van der Waals surface area contributed by atoms with E-state index in [1.165, 1.54) is 25.7 Å². The van der Waals surface area contributed by atoms with Crippen LogP contribution in [-0.4, -0.2) is 38.1 Å². The van der Waals surface area contributed by atoms with Crippen LogP contribution in [0.5, 0.6) is 5.75 Å². The predicted octanol–water partition coefficient (Wildman–Crippen LogP) is 3.69. The van der Waals surface area contributed by atoms with Crippen LogP contribution < -0.4 is 20.7 Å². The van der Waals surface area contributed by atoms with Crippen LogP contribution in [0, 0.1) is 5.82 Å². The lowest BCUT2D eigenvalue weighted by atomic mass is 9.96. The van der Waals surface area contributed by atoms with Gasteiger partial charge in [-0.05, 0) is 67.5 Å². The number of rotatable bonds is 9. The molecule has 0 bridgehead atoms. The second-order valence-corrected chi connectivity index (χ2v) is 8.35. The molecule has 0 spiro atoms. The minimum atomic E-state index is -0.353. The van der Waals surface area contributed by atoms with Gasteiger partial charge >= 0.3 is 0 Å². The molecule has 3 atom stereocenters. The molecule has 2 aromatic carbocycles. The Kier molecular flexibility index (Phi) is 8.22. The van der Waals surface area contributed by atoms with Crippen molar-refractivity contribution in [2.45, 2.75) is 51.1 Å². The van der Waals surface area contributed by atoms with E-state index in [0.29, 0.717) is 30.6 Å². The highest BCUT2D eigenvalue weighted by Crippen LogP contribution is 2.35. The average Bonchev–Trinajstić information content (AvgIpc) is 3.25. The van der Waals surface area contributed by atoms with Crippen molar-refractivity contribution in [2.24, 2.45) is 0 Å². The molecule has 2 aromatic rings. The van der Waals surface area contributed by atoms with Gasteiger partial charge in [-0.1, -0.05) is 18.2 Å². The van der Waals surface area contributed by atoms with Crippen molar-refractivity contribution in [3.05, 3.63) is 65.0 Å². The van der Waals surface area contributed by atoms with E-state index in [4.69, 9.17) is 4.74 Å². The highest BCUT2D eigenvalue weighted by atomic mass is 19.1. The van der Waals surface area contributed by atoms with Crippen LogP contribution in [0.25, 0.3) is 0 Å². The summed E-state index contributed by atoms with van der Waals surface area (Å²) in [6.07, 6.45) is 3.17. The quantitative estimate of drug-likeness (QED) is 0.519. The van der Waals surface area contributed by atoms with Gasteiger partial charge in [-0.3, -0.25) is 9.59 Å². The number of amides is 2. The van der Waals surface area contributed by atoms with Crippen molar-refractivity contribution in [3.63, 3.8) is 0 Å². The van der Waals surface area contributed by atoms with E-state index >= 15 is 0 Å². The first-order valence-electron chi connectivity index (χ1n) is 11.1. The monoisotopic (exact) mass is 441 g/mol. The lowest BCUT2D eigenvalue weighted by Gasteiger charge is -2.21. The molecule has 1 aliphatic carbocycles. The molecule has 7 heteroatoms. The fourth-order valence-electron chi connectivity index (χ4n) is 4.25. The van der Waals surface area contributed by atoms with Crippen LogP contribution >= 0.6 is 0 Å². The molecule has 1 aliphatic rings. The van der Waals surface area contributed by atoms with Crippen molar-refractivity contribution in [1.29, 1.82) is 0 Å². The number of nitrogens with one attached hydrogen (secondary N) is 3. The van der Waals surface area contributed by atoms with Crippen molar-refractivity contribution in [3.8, 4) is 5.75 Å². The standard InChI is InChI=1S/C25H32FN3O3/c1-16(20-9-11-23(26)24(15-20)32-3)29-22-10-8-21(14-22)18-4-6-19(7-5-18)25(31)28-13-12-27-17(2)30/h4-7,9,11,15-16,21-22,29H,8,10,12-14H2,1-3H3,(H,27,30)(H,28,31)/t16-,21+,22?/m1/s1. The molecule has 6 nitrogen and oxygen atoms in total. The molecule has 0 radical (unpaired) electrons. The van der Waals surface area contributed by atoms with Crippen LogP contribution in [0.1, 0.15) is 66.6 Å². The molecular formula is C25H32FN3O3. The third-order valence-corrected chi connectivity index (χ3v) is 6.02. The summed E-state index contributed by atoms with van der Waals surface area (Å²) >= 11 is 0. The third-order valence-electron chi connectivity index (χ3n) is 6.02. The molecule has 0 aliphatic heterocycles. The van der Waals surface area contributed by atoms with Crippen molar-refractivity contribution in [1.82, 2.24) is 16.0 Å². The number of halogens is 1. The number of methoxy groups -OCH3 is 1. The lowest BCUT2D eigenvalue weighted by Crippen LogP contribution is -2.33. The zero-order valence-electron chi connectivity index (χ0n) is 18.9. The highest BCUT2D eigenvalue weighted by Gasteiger charge is 2.27. The van der Waals surface area contributed by atoms with Crippen LogP contribution in [-0.2, 0) is 4.79 Å². The maximum absolute atomic E-state index is 13.7. The molecule has 3 N–H and O–H groups in total. The molecule has 0 aromatic heterocycles. The SMILES string of the molecule is COc1cc([C@@H](C)NC2CC[C@H](c3ccc(C(=O)NCCNC(C)=O)cc3)C2)ccc1F. The van der Waals surface area contributed by atoms with Gasteiger partial charge in [-0.15, -0.1) is 0 Å². The summed E-state index contributed by atoms with van der Waals surface area (Å²) in [7, 11) is 1.47. The number of hydrogen-bond acceptors (Lipinski definition) is 4. The zero-order chi connectivity index (χ0) is 23.1. The first-order chi connectivity index (χ1) is 15.4. The Morgan fingerprint density at radius 2 is 1.81 bits per heavy atom. The van der Waals surface area contributed by atoms with Gasteiger partial charge in [-0.2, -0.15) is 0 Å². The molecule has 32 heavy (non-hydrogen) atoms. The van der Waals surface area contributed by atoms with Crippen LogP contribution in [0.3, 0.4) is 0 Å². The smallest absolute Gasteiger partial charge is 0.251 e. The van der Waals surface area contributed by atoms with E-state index in [1.807, 2.05) is 24.3 Å². The molecule has 0 heterocycles. The Labute approximate surface area is 188 Å². The third kappa shape index (κ3) is 6.29. The molecule has 1 saturated carbocycles. The lowest BCUT2D eigenvalue weighted by molar-refractivity contribution is -0.118. The van der Waals surface area contributed by atoms with E-state index in [1.54, 1.807) is 12.1 Å². The van der Waals surface area contributed by atoms with Gasteiger partial charge in [0.25, 0.3) is 5.91 Å². The van der Waals surface area contributed by atoms with Crippen LogP contribution in [0.15, 0.2) is 42.5 Å². The molecule has 1 fully saturated rings. The van der Waals surface area contributed by atoms with Gasteiger partial charge in [-0.25, -0.2) is 4.39 Å². The average molecular weight is 442 g/mol. The normalized spacial score (nSPS) is 18.8. The summed E-state index contributed by atoms with van der Waals surface area (Å²) in [6.45, 7) is 4.34. The van der Waals surface area contributed by atoms with Crippen molar-refractivity contribution < 1.29 is 18.7 Å². The fraction of sp³-hybridized carbons (Fsp3) is 0.440. The van der Waals surface area contributed by atoms with E-state index < -0.39 is 0 Å². The summed E-state index contributed by atoms with van der Waals surface area (Å²) in [4.78, 5) is 23.1. The molecule has 172 valence electrons. The molecule has 1 unspecified atom stereocenters. The molecule has 0 saturated heterocycles. The summed E-state index contributed by atoms with van der Waals surface area (Å²) < 4.78 is 18.8. The minimum absolute atomic E-state index is 0.0943. The number of carbonyl (C=O) groups is 2. The molecule has 3 rings (SSSR count). The van der Waals surface area contributed by atoms with Crippen molar-refractivity contribution >= 4 is 11.8 Å². The Balaban J connectivity index is 1.50. The summed E-state index contributed by atoms with van der Waals surface area (Å²) in [6, 6.07) is 13.2. The zero-order valence-corrected chi connectivity index (χ0v) is 18.9. The van der Waals surface area contributed by atoms with E-state index in [2.05, 4.69) is 22.9 Å². The largest absolute Gasteiger partial charge is 0.494 e. The number of ether oxygens (including phenoxy) is 1. The van der Waals surface area contributed by atoms with Crippen LogP contribution in [0.4, 0.5) is 4.39 Å². The van der Waals surface area contributed by atoms with Gasteiger partial charge < -0.3 is 20.7 Å². The first-order valence-corrected chi connectivity index (χ1v) is 11.1. The van der Waals surface area contributed by atoms with Crippen molar-refractivity contribution in [2.75, 3.05) is 20.2 Å². The second-order valence-electron chi connectivity index (χ2n) is 8.35. The van der Waals surface area contributed by atoms with Gasteiger partial charge in [0.05, 0.1) is 7.11 Å². The van der Waals surface area contributed by atoms with Gasteiger partial charge in [0.2, 0.25) is 5.91 Å². The fourth-order valence-corrected chi connectivity index (χ4v) is 4.25. The van der Waals surface area contributed by atoms with Crippen LogP contribution in [0.2, 0.25) is 0 Å². The predicted molar refractivity (Wildman–Crippen MR) is 122 cm³/mol. The first kappa shape index (κ1) is 23.7. The van der Waals surface area contributed by atoms with E-state index in [-0.39, 0.29) is 29.4 Å². The van der Waals surface area contributed by atoms with Gasteiger partial charge in [0, 0.05) is 37.7 Å². The van der Waals surface area contributed by atoms with E-state index in [0.717, 1.165) is 24.8 Å². The molecular weight excluding hydrogens is 409 g/mol. The Morgan fingerprint density at radius 3 is 2.50 bits per heavy atom. The Hall–Kier alpha value is -2.93. The number of carbonyl (C=O) groups excluding carboxylic acids is 2. The maximum atomic E-state index is 13.7. The number of hydrogen-bond donors (Lipinski definition) is 3. The Morgan fingerprint density at radius 1 is 1.09 bits per heavy atom. The Bertz CT molecular complexity index is 933. The topological polar surface area (TPSA) is 79.5 Å². The maximum Gasteiger partial charge on any atom is 0.251 e. The summed E-state index contributed by atoms with van der Waals surface area (Å²) in [5, 5.41) is 9.11. The summed E-state index contributed by atoms with van der Waals surface area (Å²) in [5.74, 6) is 0.101. The second kappa shape index (κ2) is 11.1. The molecule has 2 amide bonds. The highest BCUT2D eigenvalue weighted by molar-refractivity contribution is 5.94. The summed E-state index contributed by atoms with van der Waals surface area (Å²) in [5.41, 5.74) is 2.85. The number of benzene rings is 2. The van der Waals surface area contributed by atoms with E-state index in [9.17, 15) is 14.0 Å².